The molecule has 1 aromatic carbocycles. The van der Waals surface area contributed by atoms with E-state index in [1.165, 1.54) is 0 Å². The molecule has 0 fully saturated rings. The standard InChI is InChI=1S/C24H19N5O2S/c1-24(13-25)14-31-12-17-5-4-15(7-19(17)24)22(30)28-10-18-8-20-21(11-27-18)32-23(29-20)16-3-2-6-26-9-16/h2-9,11H,10,12,14H2,1H3,(H,28,30)/t24-/m1/s1. The van der Waals surface area contributed by atoms with Crippen molar-refractivity contribution >= 4 is 27.5 Å². The first-order valence-electron chi connectivity index (χ1n) is 10.1. The number of ether oxygens (including phenoxy) is 1. The number of fused-ring (bicyclic) bond motifs is 2. The third-order valence-electron chi connectivity index (χ3n) is 5.53. The molecule has 0 spiro atoms. The van der Waals surface area contributed by atoms with Gasteiger partial charge in [0.05, 0.1) is 41.7 Å². The van der Waals surface area contributed by atoms with Crippen molar-refractivity contribution < 1.29 is 9.53 Å². The summed E-state index contributed by atoms with van der Waals surface area (Å²) in [6.45, 7) is 2.89. The average molecular weight is 442 g/mol. The minimum absolute atomic E-state index is 0.212. The molecular weight excluding hydrogens is 422 g/mol. The molecule has 1 atom stereocenters. The number of nitriles is 1. The van der Waals surface area contributed by atoms with E-state index in [1.54, 1.807) is 42.1 Å². The number of carbonyl (C=O) groups is 1. The molecule has 0 aliphatic carbocycles. The maximum atomic E-state index is 12.8. The lowest BCUT2D eigenvalue weighted by atomic mass is 9.79. The van der Waals surface area contributed by atoms with Crippen LogP contribution in [0.25, 0.3) is 20.8 Å². The molecule has 1 aliphatic rings. The second-order valence-corrected chi connectivity index (χ2v) is 8.93. The molecule has 4 aromatic rings. The molecule has 0 radical (unpaired) electrons. The van der Waals surface area contributed by atoms with Crippen LogP contribution in [0.4, 0.5) is 0 Å². The Kier molecular flexibility index (Phi) is 5.13. The molecule has 0 saturated heterocycles. The minimum Gasteiger partial charge on any atom is -0.375 e. The number of pyridine rings is 2. The summed E-state index contributed by atoms with van der Waals surface area (Å²) in [5.74, 6) is -0.212. The van der Waals surface area contributed by atoms with Crippen molar-refractivity contribution in [1.82, 2.24) is 20.3 Å². The average Bonchev–Trinajstić information content (AvgIpc) is 3.27. The van der Waals surface area contributed by atoms with Crippen LogP contribution in [0.2, 0.25) is 0 Å². The van der Waals surface area contributed by atoms with E-state index in [-0.39, 0.29) is 12.5 Å². The Morgan fingerprint density at radius 1 is 1.31 bits per heavy atom. The van der Waals surface area contributed by atoms with E-state index in [2.05, 4.69) is 26.3 Å². The van der Waals surface area contributed by atoms with Crippen molar-refractivity contribution in [3.8, 4) is 16.6 Å². The topological polar surface area (TPSA) is 101 Å². The number of benzene rings is 1. The monoisotopic (exact) mass is 441 g/mol. The molecule has 0 saturated carbocycles. The zero-order valence-corrected chi connectivity index (χ0v) is 18.1. The Balaban J connectivity index is 1.33. The first-order chi connectivity index (χ1) is 15.6. The lowest BCUT2D eigenvalue weighted by Crippen LogP contribution is -2.33. The van der Waals surface area contributed by atoms with Crippen molar-refractivity contribution in [1.29, 1.82) is 5.26 Å². The highest BCUT2D eigenvalue weighted by molar-refractivity contribution is 7.21. The molecule has 0 unspecified atom stereocenters. The van der Waals surface area contributed by atoms with Crippen molar-refractivity contribution in [2.75, 3.05) is 6.61 Å². The molecule has 0 bridgehead atoms. The Hall–Kier alpha value is -3.67. The first kappa shape index (κ1) is 20.2. The molecule has 1 N–H and O–H groups in total. The van der Waals surface area contributed by atoms with Crippen LogP contribution in [0, 0.1) is 11.3 Å². The van der Waals surface area contributed by atoms with Gasteiger partial charge in [-0.1, -0.05) is 6.07 Å². The number of hydrogen-bond donors (Lipinski definition) is 1. The highest BCUT2D eigenvalue weighted by atomic mass is 32.1. The fraction of sp³-hybridized carbons (Fsp3) is 0.208. The van der Waals surface area contributed by atoms with Gasteiger partial charge in [-0.3, -0.25) is 14.8 Å². The van der Waals surface area contributed by atoms with Gasteiger partial charge in [-0.05, 0) is 48.4 Å². The van der Waals surface area contributed by atoms with E-state index >= 15 is 0 Å². The molecule has 1 aliphatic heterocycles. The largest absolute Gasteiger partial charge is 0.375 e. The van der Waals surface area contributed by atoms with Gasteiger partial charge in [0.25, 0.3) is 5.91 Å². The highest BCUT2D eigenvalue weighted by Crippen LogP contribution is 2.33. The first-order valence-corrected chi connectivity index (χ1v) is 10.9. The van der Waals surface area contributed by atoms with Gasteiger partial charge in [0.2, 0.25) is 0 Å². The summed E-state index contributed by atoms with van der Waals surface area (Å²) in [6, 6.07) is 13.5. The van der Waals surface area contributed by atoms with Crippen molar-refractivity contribution in [2.45, 2.75) is 25.5 Å². The number of carbonyl (C=O) groups excluding carboxylic acids is 1. The summed E-state index contributed by atoms with van der Waals surface area (Å²) >= 11 is 1.56. The molecule has 3 aromatic heterocycles. The van der Waals surface area contributed by atoms with Crippen LogP contribution in [0.15, 0.2) is 55.0 Å². The van der Waals surface area contributed by atoms with Gasteiger partial charge in [-0.15, -0.1) is 11.3 Å². The van der Waals surface area contributed by atoms with E-state index in [4.69, 9.17) is 4.74 Å². The quantitative estimate of drug-likeness (QED) is 0.514. The van der Waals surface area contributed by atoms with E-state index in [0.717, 1.165) is 37.6 Å². The van der Waals surface area contributed by atoms with Crippen LogP contribution in [0.3, 0.4) is 0 Å². The van der Waals surface area contributed by atoms with E-state index < -0.39 is 5.41 Å². The summed E-state index contributed by atoms with van der Waals surface area (Å²) in [5.41, 5.74) is 4.08. The van der Waals surface area contributed by atoms with Crippen LogP contribution < -0.4 is 5.32 Å². The van der Waals surface area contributed by atoms with Crippen LogP contribution in [0.1, 0.15) is 34.1 Å². The lowest BCUT2D eigenvalue weighted by molar-refractivity contribution is 0.0757. The number of nitrogens with zero attached hydrogens (tertiary/aromatic N) is 4. The van der Waals surface area contributed by atoms with Gasteiger partial charge in [0.1, 0.15) is 10.4 Å². The minimum atomic E-state index is -0.757. The van der Waals surface area contributed by atoms with Gasteiger partial charge in [0, 0.05) is 29.7 Å². The van der Waals surface area contributed by atoms with E-state index in [0.29, 0.717) is 18.8 Å². The summed E-state index contributed by atoms with van der Waals surface area (Å²) in [6.07, 6.45) is 5.30. The van der Waals surface area contributed by atoms with Crippen LogP contribution in [0.5, 0.6) is 0 Å². The second kappa shape index (κ2) is 8.11. The van der Waals surface area contributed by atoms with Gasteiger partial charge in [-0.25, -0.2) is 4.98 Å². The number of aromatic nitrogens is 3. The van der Waals surface area contributed by atoms with Gasteiger partial charge >= 0.3 is 0 Å². The summed E-state index contributed by atoms with van der Waals surface area (Å²) < 4.78 is 6.51. The predicted molar refractivity (Wildman–Crippen MR) is 121 cm³/mol. The molecule has 4 heterocycles. The van der Waals surface area contributed by atoms with Crippen molar-refractivity contribution in [2.24, 2.45) is 0 Å². The zero-order chi connectivity index (χ0) is 22.1. The van der Waals surface area contributed by atoms with Gasteiger partial charge in [-0.2, -0.15) is 5.26 Å². The number of rotatable bonds is 4. The Morgan fingerprint density at radius 2 is 2.22 bits per heavy atom. The van der Waals surface area contributed by atoms with Gasteiger partial charge in [0.15, 0.2) is 0 Å². The predicted octanol–water partition coefficient (Wildman–Crippen LogP) is 3.99. The van der Waals surface area contributed by atoms with E-state index in [9.17, 15) is 10.1 Å². The summed E-state index contributed by atoms with van der Waals surface area (Å²) in [4.78, 5) is 26.1. The number of hydrogen-bond acceptors (Lipinski definition) is 7. The molecule has 8 heteroatoms. The maximum Gasteiger partial charge on any atom is 0.251 e. The molecular formula is C24H19N5O2S. The Labute approximate surface area is 188 Å². The van der Waals surface area contributed by atoms with Crippen LogP contribution >= 0.6 is 11.3 Å². The van der Waals surface area contributed by atoms with Crippen LogP contribution in [-0.2, 0) is 23.3 Å². The molecule has 158 valence electrons. The maximum absolute atomic E-state index is 12.8. The Bertz CT molecular complexity index is 1360. The molecule has 1 amide bonds. The number of amides is 1. The fourth-order valence-corrected chi connectivity index (χ4v) is 4.66. The van der Waals surface area contributed by atoms with Crippen molar-refractivity contribution in [3.63, 3.8) is 0 Å². The zero-order valence-electron chi connectivity index (χ0n) is 17.3. The number of nitrogens with one attached hydrogen (secondary N) is 1. The summed E-state index contributed by atoms with van der Waals surface area (Å²) in [7, 11) is 0. The molecule has 5 rings (SSSR count). The molecule has 7 nitrogen and oxygen atoms in total. The third-order valence-corrected chi connectivity index (χ3v) is 6.59. The SMILES string of the molecule is C[C@@]1(C#N)COCc2ccc(C(=O)NCc3cc4nc(-c5cccnc5)sc4cn3)cc21. The third kappa shape index (κ3) is 3.73. The summed E-state index contributed by atoms with van der Waals surface area (Å²) in [5, 5.41) is 13.4. The van der Waals surface area contributed by atoms with Crippen molar-refractivity contribution in [3.05, 3.63) is 77.4 Å². The second-order valence-electron chi connectivity index (χ2n) is 7.90. The molecule has 32 heavy (non-hydrogen) atoms. The van der Waals surface area contributed by atoms with E-state index in [1.807, 2.05) is 31.2 Å². The normalized spacial score (nSPS) is 17.5. The highest BCUT2D eigenvalue weighted by Gasteiger charge is 2.33. The lowest BCUT2D eigenvalue weighted by Gasteiger charge is -2.30. The van der Waals surface area contributed by atoms with Gasteiger partial charge < -0.3 is 10.1 Å². The Morgan fingerprint density at radius 3 is 3.03 bits per heavy atom. The number of thiazole rings is 1. The smallest absolute Gasteiger partial charge is 0.251 e. The fourth-order valence-electron chi connectivity index (χ4n) is 3.75. The van der Waals surface area contributed by atoms with Crippen LogP contribution in [-0.4, -0.2) is 27.5 Å².